The van der Waals surface area contributed by atoms with E-state index in [0.717, 1.165) is 0 Å². The molecule has 116 valence electrons. The van der Waals surface area contributed by atoms with Crippen molar-refractivity contribution in [3.63, 3.8) is 0 Å². The van der Waals surface area contributed by atoms with Crippen molar-refractivity contribution in [1.29, 1.82) is 0 Å². The van der Waals surface area contributed by atoms with Crippen LogP contribution in [0.4, 0.5) is 0 Å². The van der Waals surface area contributed by atoms with Gasteiger partial charge in [-0.3, -0.25) is 0 Å². The van der Waals surface area contributed by atoms with Gasteiger partial charge >= 0.3 is 0 Å². The van der Waals surface area contributed by atoms with Gasteiger partial charge in [0.25, 0.3) is 0 Å². The molecule has 1 aromatic carbocycles. The zero-order chi connectivity index (χ0) is 15.9. The lowest BCUT2D eigenvalue weighted by molar-refractivity contribution is 0.462. The van der Waals surface area contributed by atoms with Crippen LogP contribution < -0.4 is 10.5 Å². The Kier molecular flexibility index (Phi) is 4.13. The van der Waals surface area contributed by atoms with Crippen LogP contribution in [0, 0.1) is 0 Å². The topological polar surface area (TPSA) is 106 Å². The highest BCUT2D eigenvalue weighted by molar-refractivity contribution is 7.92. The van der Waals surface area contributed by atoms with Gasteiger partial charge in [-0.1, -0.05) is 24.4 Å². The molecule has 1 aliphatic heterocycles. The second-order valence-corrected chi connectivity index (χ2v) is 9.71. The largest absolute Gasteiger partial charge is 0.389 e. The van der Waals surface area contributed by atoms with Gasteiger partial charge in [-0.15, -0.1) is 0 Å². The summed E-state index contributed by atoms with van der Waals surface area (Å²) in [5.41, 5.74) is 4.94. The van der Waals surface area contributed by atoms with Crippen LogP contribution in [-0.2, 0) is 19.9 Å². The minimum Gasteiger partial charge on any atom is -0.389 e. The predicted molar refractivity (Wildman–Crippen MR) is 84.3 cm³/mol. The summed E-state index contributed by atoms with van der Waals surface area (Å²) in [5.74, 6) is -0.215. The summed E-state index contributed by atoms with van der Waals surface area (Å²) < 4.78 is 50.3. The highest BCUT2D eigenvalue weighted by atomic mass is 32.2. The second kappa shape index (κ2) is 5.31. The van der Waals surface area contributed by atoms with Crippen LogP contribution >= 0.6 is 12.2 Å². The molecule has 0 amide bonds. The zero-order valence-corrected chi connectivity index (χ0v) is 13.8. The molecule has 1 heterocycles. The first-order valence-electron chi connectivity index (χ1n) is 6.17. The standard InChI is InChI=1S/C12H16N2O4S3/c1-12(5-6-20(15,16)8-12)14-21(17,18)10-4-2-3-9(7-10)11(13)19/h2-4,7,14H,5-6,8H2,1H3,(H2,13,19). The van der Waals surface area contributed by atoms with Crippen LogP contribution in [-0.4, -0.2) is 38.9 Å². The number of thiocarbonyl (C=S) groups is 1. The van der Waals surface area contributed by atoms with Crippen LogP contribution in [0.15, 0.2) is 29.2 Å². The summed E-state index contributed by atoms with van der Waals surface area (Å²) in [5, 5.41) is 0. The number of sulfone groups is 1. The minimum absolute atomic E-state index is 0.0123. The predicted octanol–water partition coefficient (Wildman–Crippen LogP) is 0.176. The third-order valence-electron chi connectivity index (χ3n) is 3.31. The van der Waals surface area contributed by atoms with Crippen molar-refractivity contribution in [2.24, 2.45) is 5.73 Å². The number of nitrogens with one attached hydrogen (secondary N) is 1. The van der Waals surface area contributed by atoms with Crippen molar-refractivity contribution in [2.45, 2.75) is 23.8 Å². The molecule has 3 N–H and O–H groups in total. The Balaban J connectivity index is 2.31. The van der Waals surface area contributed by atoms with Crippen molar-refractivity contribution >= 4 is 37.1 Å². The Bertz CT molecular complexity index is 786. The first-order chi connectivity index (χ1) is 9.53. The van der Waals surface area contributed by atoms with Crippen LogP contribution in [0.2, 0.25) is 0 Å². The Morgan fingerprint density at radius 1 is 1.43 bits per heavy atom. The first-order valence-corrected chi connectivity index (χ1v) is 9.89. The van der Waals surface area contributed by atoms with Gasteiger partial charge in [-0.05, 0) is 25.5 Å². The van der Waals surface area contributed by atoms with Gasteiger partial charge in [0.15, 0.2) is 9.84 Å². The SMILES string of the molecule is CC1(NS(=O)(=O)c2cccc(C(N)=S)c2)CCS(=O)(=O)C1. The lowest BCUT2D eigenvalue weighted by Crippen LogP contribution is -2.46. The summed E-state index contributed by atoms with van der Waals surface area (Å²) in [6, 6.07) is 5.94. The van der Waals surface area contributed by atoms with Crippen molar-refractivity contribution < 1.29 is 16.8 Å². The van der Waals surface area contributed by atoms with Gasteiger partial charge in [-0.25, -0.2) is 21.6 Å². The molecular formula is C12H16N2O4S3. The molecule has 1 aromatic rings. The van der Waals surface area contributed by atoms with E-state index in [1.54, 1.807) is 13.0 Å². The highest BCUT2D eigenvalue weighted by Gasteiger charge is 2.41. The maximum absolute atomic E-state index is 12.4. The summed E-state index contributed by atoms with van der Waals surface area (Å²) >= 11 is 4.82. The molecule has 0 aliphatic carbocycles. The van der Waals surface area contributed by atoms with Crippen LogP contribution in [0.3, 0.4) is 0 Å². The first kappa shape index (κ1) is 16.3. The summed E-state index contributed by atoms with van der Waals surface area (Å²) in [4.78, 5) is 0.111. The van der Waals surface area contributed by atoms with E-state index in [1.807, 2.05) is 0 Å². The molecule has 0 saturated carbocycles. The molecule has 6 nitrogen and oxygen atoms in total. The molecule has 0 spiro atoms. The molecular weight excluding hydrogens is 332 g/mol. The second-order valence-electron chi connectivity index (χ2n) is 5.40. The average molecular weight is 348 g/mol. The average Bonchev–Trinajstić information content (AvgIpc) is 2.62. The molecule has 1 fully saturated rings. The van der Waals surface area contributed by atoms with E-state index in [2.05, 4.69) is 4.72 Å². The number of nitrogens with two attached hydrogens (primary N) is 1. The van der Waals surface area contributed by atoms with Crippen LogP contribution in [0.1, 0.15) is 18.9 Å². The van der Waals surface area contributed by atoms with E-state index in [9.17, 15) is 16.8 Å². The van der Waals surface area contributed by atoms with Gasteiger partial charge < -0.3 is 5.73 Å². The summed E-state index contributed by atoms with van der Waals surface area (Å²) in [7, 11) is -7.04. The molecule has 0 bridgehead atoms. The molecule has 21 heavy (non-hydrogen) atoms. The summed E-state index contributed by atoms with van der Waals surface area (Å²) in [6.45, 7) is 1.59. The maximum Gasteiger partial charge on any atom is 0.241 e. The maximum atomic E-state index is 12.4. The molecule has 2 rings (SSSR count). The monoisotopic (exact) mass is 348 g/mol. The van der Waals surface area contributed by atoms with E-state index in [0.29, 0.717) is 5.56 Å². The Labute approximate surface area is 129 Å². The number of rotatable bonds is 4. The smallest absolute Gasteiger partial charge is 0.241 e. The highest BCUT2D eigenvalue weighted by Crippen LogP contribution is 2.25. The normalized spacial score (nSPS) is 24.8. The quantitative estimate of drug-likeness (QED) is 0.752. The third kappa shape index (κ3) is 3.79. The Morgan fingerprint density at radius 3 is 2.62 bits per heavy atom. The van der Waals surface area contributed by atoms with E-state index in [4.69, 9.17) is 18.0 Å². The van der Waals surface area contributed by atoms with Crippen molar-refractivity contribution in [1.82, 2.24) is 4.72 Å². The number of hydrogen-bond acceptors (Lipinski definition) is 5. The minimum atomic E-state index is -3.84. The lowest BCUT2D eigenvalue weighted by atomic mass is 10.0. The van der Waals surface area contributed by atoms with E-state index in [-0.39, 0.29) is 27.8 Å². The third-order valence-corrected chi connectivity index (χ3v) is 7.09. The van der Waals surface area contributed by atoms with Gasteiger partial charge in [0.1, 0.15) is 4.99 Å². The number of hydrogen-bond donors (Lipinski definition) is 2. The number of sulfonamides is 1. The molecule has 0 aromatic heterocycles. The molecule has 1 atom stereocenters. The van der Waals surface area contributed by atoms with Crippen molar-refractivity contribution in [2.75, 3.05) is 11.5 Å². The van der Waals surface area contributed by atoms with Gasteiger partial charge in [0.2, 0.25) is 10.0 Å². The fraction of sp³-hybridized carbons (Fsp3) is 0.417. The fourth-order valence-electron chi connectivity index (χ4n) is 2.29. The van der Waals surface area contributed by atoms with Crippen molar-refractivity contribution in [3.8, 4) is 0 Å². The Hall–Kier alpha value is -1.03. The summed E-state index contributed by atoms with van der Waals surface area (Å²) in [6.07, 6.45) is 0.254. The van der Waals surface area contributed by atoms with Crippen LogP contribution in [0.25, 0.3) is 0 Å². The van der Waals surface area contributed by atoms with Gasteiger partial charge in [0, 0.05) is 11.1 Å². The molecule has 1 aliphatic rings. The lowest BCUT2D eigenvalue weighted by Gasteiger charge is -2.23. The van der Waals surface area contributed by atoms with E-state index in [1.165, 1.54) is 18.2 Å². The van der Waals surface area contributed by atoms with E-state index < -0.39 is 25.4 Å². The van der Waals surface area contributed by atoms with Crippen molar-refractivity contribution in [3.05, 3.63) is 29.8 Å². The Morgan fingerprint density at radius 2 is 2.10 bits per heavy atom. The molecule has 9 heteroatoms. The number of benzene rings is 1. The van der Waals surface area contributed by atoms with Gasteiger partial charge in [0.05, 0.1) is 16.4 Å². The molecule has 1 saturated heterocycles. The van der Waals surface area contributed by atoms with Crippen LogP contribution in [0.5, 0.6) is 0 Å². The molecule has 1 unspecified atom stereocenters. The zero-order valence-electron chi connectivity index (χ0n) is 11.4. The van der Waals surface area contributed by atoms with Gasteiger partial charge in [-0.2, -0.15) is 0 Å². The fourth-order valence-corrected chi connectivity index (χ4v) is 6.08. The van der Waals surface area contributed by atoms with E-state index >= 15 is 0 Å². The molecule has 0 radical (unpaired) electrons.